The summed E-state index contributed by atoms with van der Waals surface area (Å²) >= 11 is 3.37. The Labute approximate surface area is 191 Å². The van der Waals surface area contributed by atoms with Crippen LogP contribution < -0.4 is 20.2 Å². The summed E-state index contributed by atoms with van der Waals surface area (Å²) < 4.78 is 16.9. The van der Waals surface area contributed by atoms with Gasteiger partial charge in [-0.3, -0.25) is 9.59 Å². The highest BCUT2D eigenvalue weighted by Gasteiger charge is 2.19. The molecule has 162 valence electrons. The van der Waals surface area contributed by atoms with Gasteiger partial charge in [-0.2, -0.15) is 0 Å². The van der Waals surface area contributed by atoms with E-state index in [9.17, 15) is 14.7 Å². The van der Waals surface area contributed by atoms with Gasteiger partial charge in [0.25, 0.3) is 5.91 Å². The minimum atomic E-state index is -0.425. The highest BCUT2D eigenvalue weighted by atomic mass is 79.9. The van der Waals surface area contributed by atoms with E-state index in [1.165, 1.54) is 26.4 Å². The van der Waals surface area contributed by atoms with E-state index in [0.29, 0.717) is 27.0 Å². The zero-order valence-electron chi connectivity index (χ0n) is 17.1. The molecule has 1 heterocycles. The summed E-state index contributed by atoms with van der Waals surface area (Å²) in [5.41, 5.74) is 1.46. The minimum Gasteiger partial charge on any atom is -0.504 e. The second kappa shape index (κ2) is 8.76. The third-order valence-electron chi connectivity index (χ3n) is 4.88. The molecule has 3 aromatic carbocycles. The molecular weight excluding hydrogens is 478 g/mol. The normalized spacial score (nSPS) is 10.7. The number of aromatic hydroxyl groups is 1. The predicted octanol–water partition coefficient (Wildman–Crippen LogP) is 5.20. The van der Waals surface area contributed by atoms with Crippen molar-refractivity contribution in [3.05, 3.63) is 80.9 Å². The first kappa shape index (κ1) is 21.5. The van der Waals surface area contributed by atoms with Crippen LogP contribution in [0.1, 0.15) is 10.4 Å². The highest BCUT2D eigenvalue weighted by Crippen LogP contribution is 2.42. The number of halogens is 1. The maximum atomic E-state index is 12.7. The number of phenols is 1. The Hall–Kier alpha value is -3.78. The Balaban J connectivity index is 1.67. The number of nitrogens with one attached hydrogen (secondary N) is 1. The SMILES string of the molecule is COc1cc2oc(-c3ccc(NC(=O)c4ccccc4Br)cc3)cc(=O)c2c(O)c1OC. The number of hydrogen-bond acceptors (Lipinski definition) is 6. The number of ether oxygens (including phenoxy) is 2. The summed E-state index contributed by atoms with van der Waals surface area (Å²) in [5.74, 6) is 0.0113. The Morgan fingerprint density at radius 1 is 1.03 bits per heavy atom. The molecule has 0 aliphatic heterocycles. The first-order chi connectivity index (χ1) is 15.4. The highest BCUT2D eigenvalue weighted by molar-refractivity contribution is 9.10. The van der Waals surface area contributed by atoms with Crippen molar-refractivity contribution in [3.63, 3.8) is 0 Å². The smallest absolute Gasteiger partial charge is 0.256 e. The standard InChI is InChI=1S/C24H18BrNO6/c1-30-20-12-19-21(22(28)23(20)31-2)17(27)11-18(32-19)13-7-9-14(10-8-13)26-24(29)15-5-3-4-6-16(15)25/h3-12,28H,1-2H3,(H,26,29). The maximum absolute atomic E-state index is 12.7. The van der Waals surface area contributed by atoms with Crippen molar-refractivity contribution < 1.29 is 23.8 Å². The Bertz CT molecular complexity index is 1380. The lowest BCUT2D eigenvalue weighted by molar-refractivity contribution is 0.102. The number of carbonyl (C=O) groups is 1. The van der Waals surface area contributed by atoms with Gasteiger partial charge in [0.1, 0.15) is 16.7 Å². The number of methoxy groups -OCH3 is 2. The molecule has 0 unspecified atom stereocenters. The molecule has 0 atom stereocenters. The topological polar surface area (TPSA) is 98.0 Å². The molecule has 4 aromatic rings. The molecule has 0 saturated carbocycles. The summed E-state index contributed by atoms with van der Waals surface area (Å²) in [7, 11) is 2.79. The molecule has 4 rings (SSSR count). The van der Waals surface area contributed by atoms with Crippen LogP contribution >= 0.6 is 15.9 Å². The van der Waals surface area contributed by atoms with Crippen molar-refractivity contribution in [3.8, 4) is 28.6 Å². The van der Waals surface area contributed by atoms with Crippen molar-refractivity contribution in [1.29, 1.82) is 0 Å². The fraction of sp³-hybridized carbons (Fsp3) is 0.0833. The molecule has 0 aliphatic carbocycles. The molecule has 8 heteroatoms. The monoisotopic (exact) mass is 495 g/mol. The quantitative estimate of drug-likeness (QED) is 0.394. The number of fused-ring (bicyclic) bond motifs is 1. The van der Waals surface area contributed by atoms with Crippen LogP contribution in [0.15, 0.2) is 74.3 Å². The predicted molar refractivity (Wildman–Crippen MR) is 125 cm³/mol. The van der Waals surface area contributed by atoms with Gasteiger partial charge in [-0.05, 0) is 52.3 Å². The average Bonchev–Trinajstić information content (AvgIpc) is 2.79. The van der Waals surface area contributed by atoms with Crippen LogP contribution in [0.5, 0.6) is 17.2 Å². The van der Waals surface area contributed by atoms with Crippen LogP contribution in [0.2, 0.25) is 0 Å². The van der Waals surface area contributed by atoms with E-state index in [2.05, 4.69) is 21.2 Å². The van der Waals surface area contributed by atoms with Crippen molar-refractivity contribution >= 4 is 38.5 Å². The zero-order valence-corrected chi connectivity index (χ0v) is 18.7. The van der Waals surface area contributed by atoms with Gasteiger partial charge in [0.05, 0.1) is 19.8 Å². The minimum absolute atomic E-state index is 0.00345. The van der Waals surface area contributed by atoms with Gasteiger partial charge in [0.15, 0.2) is 16.9 Å². The number of carbonyl (C=O) groups excluding carboxylic acids is 1. The summed E-state index contributed by atoms with van der Waals surface area (Å²) in [4.78, 5) is 25.2. The average molecular weight is 496 g/mol. The lowest BCUT2D eigenvalue weighted by Crippen LogP contribution is -2.12. The number of rotatable bonds is 5. The molecule has 32 heavy (non-hydrogen) atoms. The van der Waals surface area contributed by atoms with Crippen molar-refractivity contribution in [2.24, 2.45) is 0 Å². The molecule has 0 bridgehead atoms. The van der Waals surface area contributed by atoms with E-state index in [1.54, 1.807) is 42.5 Å². The summed E-state index contributed by atoms with van der Waals surface area (Å²) in [6.07, 6.45) is 0. The van der Waals surface area contributed by atoms with E-state index in [0.717, 1.165) is 0 Å². The number of phenolic OH excluding ortho intramolecular Hbond substituents is 1. The molecule has 0 radical (unpaired) electrons. The van der Waals surface area contributed by atoms with Gasteiger partial charge in [-0.1, -0.05) is 12.1 Å². The Morgan fingerprint density at radius 3 is 2.41 bits per heavy atom. The summed E-state index contributed by atoms with van der Waals surface area (Å²) in [6, 6.07) is 16.8. The van der Waals surface area contributed by atoms with Crippen molar-refractivity contribution in [2.45, 2.75) is 0 Å². The molecule has 1 amide bonds. The third kappa shape index (κ3) is 3.92. The molecule has 0 saturated heterocycles. The largest absolute Gasteiger partial charge is 0.504 e. The molecule has 0 spiro atoms. The maximum Gasteiger partial charge on any atom is 0.256 e. The van der Waals surface area contributed by atoms with Crippen LogP contribution in [0.4, 0.5) is 5.69 Å². The van der Waals surface area contributed by atoms with Gasteiger partial charge < -0.3 is 24.3 Å². The summed E-state index contributed by atoms with van der Waals surface area (Å²) in [6.45, 7) is 0. The Morgan fingerprint density at radius 2 is 1.75 bits per heavy atom. The fourth-order valence-corrected chi connectivity index (χ4v) is 3.78. The summed E-state index contributed by atoms with van der Waals surface area (Å²) in [5, 5.41) is 13.3. The van der Waals surface area contributed by atoms with Crippen LogP contribution in [0.3, 0.4) is 0 Å². The van der Waals surface area contributed by atoms with E-state index in [1.807, 2.05) is 6.07 Å². The molecule has 0 fully saturated rings. The van der Waals surface area contributed by atoms with Crippen molar-refractivity contribution in [1.82, 2.24) is 0 Å². The molecular formula is C24H18BrNO6. The van der Waals surface area contributed by atoms with E-state index < -0.39 is 5.43 Å². The third-order valence-corrected chi connectivity index (χ3v) is 5.57. The van der Waals surface area contributed by atoms with Crippen LogP contribution in [0, 0.1) is 0 Å². The van der Waals surface area contributed by atoms with Crippen LogP contribution in [-0.2, 0) is 0 Å². The first-order valence-corrected chi connectivity index (χ1v) is 10.3. The van der Waals surface area contributed by atoms with Gasteiger partial charge in [0, 0.05) is 27.9 Å². The first-order valence-electron chi connectivity index (χ1n) is 9.51. The van der Waals surface area contributed by atoms with E-state index in [4.69, 9.17) is 13.9 Å². The van der Waals surface area contributed by atoms with Gasteiger partial charge in [0.2, 0.25) is 5.75 Å². The molecule has 7 nitrogen and oxygen atoms in total. The molecule has 0 aliphatic rings. The van der Waals surface area contributed by atoms with Gasteiger partial charge in [-0.15, -0.1) is 0 Å². The van der Waals surface area contributed by atoms with Gasteiger partial charge >= 0.3 is 0 Å². The zero-order chi connectivity index (χ0) is 22.8. The van der Waals surface area contributed by atoms with Crippen molar-refractivity contribution in [2.75, 3.05) is 19.5 Å². The number of amides is 1. The molecule has 2 N–H and O–H groups in total. The van der Waals surface area contributed by atoms with E-state index in [-0.39, 0.29) is 34.1 Å². The number of hydrogen-bond donors (Lipinski definition) is 2. The Kier molecular flexibility index (Phi) is 5.87. The lowest BCUT2D eigenvalue weighted by atomic mass is 10.1. The second-order valence-corrected chi connectivity index (χ2v) is 7.67. The second-order valence-electron chi connectivity index (χ2n) is 6.82. The van der Waals surface area contributed by atoms with E-state index >= 15 is 0 Å². The lowest BCUT2D eigenvalue weighted by Gasteiger charge is -2.12. The van der Waals surface area contributed by atoms with Gasteiger partial charge in [-0.25, -0.2) is 0 Å². The molecule has 1 aromatic heterocycles. The number of benzene rings is 3. The van der Waals surface area contributed by atoms with Crippen LogP contribution in [0.25, 0.3) is 22.3 Å². The van der Waals surface area contributed by atoms with Crippen LogP contribution in [-0.4, -0.2) is 25.2 Å². The fourth-order valence-electron chi connectivity index (χ4n) is 3.31. The number of anilines is 1.